The van der Waals surface area contributed by atoms with Gasteiger partial charge in [-0.15, -0.1) is 11.3 Å². The fourth-order valence-corrected chi connectivity index (χ4v) is 6.54. The first-order valence-corrected chi connectivity index (χ1v) is 12.6. The van der Waals surface area contributed by atoms with E-state index in [0.29, 0.717) is 41.0 Å². The molecule has 0 spiro atoms. The molecule has 1 saturated carbocycles. The van der Waals surface area contributed by atoms with Crippen molar-refractivity contribution in [2.45, 2.75) is 57.1 Å². The van der Waals surface area contributed by atoms with Crippen LogP contribution in [0.1, 0.15) is 61.3 Å². The third kappa shape index (κ3) is 4.05. The van der Waals surface area contributed by atoms with Crippen LogP contribution in [0.3, 0.4) is 0 Å². The van der Waals surface area contributed by atoms with Crippen molar-refractivity contribution < 1.29 is 19.6 Å². The lowest BCUT2D eigenvalue weighted by molar-refractivity contribution is -0.384. The minimum atomic E-state index is -0.744. The van der Waals surface area contributed by atoms with E-state index in [2.05, 4.69) is 9.55 Å². The standard InChI is InChI=1S/C24H28N4O5S/c1-33-24(30)20-21(28(31)32)22(34-23(20)26-11-5-8-17(29)13-26)15-9-10-19-18(12-15)25-14-27(19)16-6-3-2-4-7-16/h9-10,12,14,16-17,29H,2-8,11,13H2,1H3. The predicted molar refractivity (Wildman–Crippen MR) is 131 cm³/mol. The molecule has 0 bridgehead atoms. The minimum Gasteiger partial charge on any atom is -0.465 e. The summed E-state index contributed by atoms with van der Waals surface area (Å²) >= 11 is 1.20. The number of methoxy groups -OCH3 is 1. The molecule has 9 nitrogen and oxygen atoms in total. The number of carbonyl (C=O) groups is 1. The molecule has 10 heteroatoms. The summed E-state index contributed by atoms with van der Waals surface area (Å²) < 4.78 is 7.16. The van der Waals surface area contributed by atoms with Gasteiger partial charge in [-0.1, -0.05) is 25.3 Å². The smallest absolute Gasteiger partial charge is 0.347 e. The molecule has 1 aliphatic heterocycles. The summed E-state index contributed by atoms with van der Waals surface area (Å²) in [4.78, 5) is 31.2. The van der Waals surface area contributed by atoms with E-state index in [0.717, 1.165) is 30.3 Å². The van der Waals surface area contributed by atoms with E-state index in [4.69, 9.17) is 4.74 Å². The molecule has 2 aliphatic rings. The number of nitrogens with zero attached hydrogens (tertiary/aromatic N) is 4. The number of aliphatic hydroxyl groups is 1. The molecule has 1 atom stereocenters. The second-order valence-electron chi connectivity index (χ2n) is 9.10. The van der Waals surface area contributed by atoms with Crippen molar-refractivity contribution >= 4 is 39.0 Å². The highest BCUT2D eigenvalue weighted by molar-refractivity contribution is 7.20. The molecule has 1 unspecified atom stereocenters. The zero-order valence-electron chi connectivity index (χ0n) is 19.1. The lowest BCUT2D eigenvalue weighted by atomic mass is 9.95. The molecule has 1 N–H and O–H groups in total. The first kappa shape index (κ1) is 22.8. The van der Waals surface area contributed by atoms with Crippen LogP contribution in [-0.2, 0) is 4.74 Å². The monoisotopic (exact) mass is 484 g/mol. The van der Waals surface area contributed by atoms with E-state index in [1.165, 1.54) is 37.7 Å². The molecule has 5 rings (SSSR count). The molecule has 34 heavy (non-hydrogen) atoms. The Morgan fingerprint density at radius 1 is 1.24 bits per heavy atom. The highest BCUT2D eigenvalue weighted by atomic mass is 32.1. The maximum atomic E-state index is 12.7. The van der Waals surface area contributed by atoms with Crippen molar-refractivity contribution in [2.75, 3.05) is 25.1 Å². The van der Waals surface area contributed by atoms with Gasteiger partial charge in [-0.2, -0.15) is 0 Å². The van der Waals surface area contributed by atoms with Gasteiger partial charge in [-0.05, 0) is 37.8 Å². The molecule has 3 heterocycles. The topological polar surface area (TPSA) is 111 Å². The number of rotatable bonds is 5. The minimum absolute atomic E-state index is 0.0468. The fraction of sp³-hybridized carbons (Fsp3) is 0.500. The average Bonchev–Trinajstić information content (AvgIpc) is 3.46. The maximum Gasteiger partial charge on any atom is 0.347 e. The Bertz CT molecular complexity index is 1230. The van der Waals surface area contributed by atoms with E-state index in [9.17, 15) is 20.0 Å². The number of fused-ring (bicyclic) bond motifs is 1. The van der Waals surface area contributed by atoms with Crippen LogP contribution in [-0.4, -0.2) is 51.9 Å². The molecule has 1 saturated heterocycles. The number of hydrogen-bond donors (Lipinski definition) is 1. The van der Waals surface area contributed by atoms with Gasteiger partial charge in [0.1, 0.15) is 9.88 Å². The zero-order chi connectivity index (χ0) is 23.8. The molecule has 1 aliphatic carbocycles. The van der Waals surface area contributed by atoms with Crippen LogP contribution >= 0.6 is 11.3 Å². The van der Waals surface area contributed by atoms with Crippen molar-refractivity contribution in [1.29, 1.82) is 0 Å². The van der Waals surface area contributed by atoms with Crippen LogP contribution in [0.25, 0.3) is 21.5 Å². The molecule has 1 aromatic carbocycles. The number of nitro groups is 1. The lowest BCUT2D eigenvalue weighted by Gasteiger charge is -2.31. The highest BCUT2D eigenvalue weighted by Crippen LogP contribution is 2.48. The number of piperidine rings is 1. The van der Waals surface area contributed by atoms with Gasteiger partial charge in [0.15, 0.2) is 5.56 Å². The van der Waals surface area contributed by atoms with Gasteiger partial charge < -0.3 is 19.3 Å². The van der Waals surface area contributed by atoms with Gasteiger partial charge in [-0.3, -0.25) is 10.1 Å². The number of carbonyl (C=O) groups excluding carboxylic acids is 1. The predicted octanol–water partition coefficient (Wildman–Crippen LogP) is 4.93. The summed E-state index contributed by atoms with van der Waals surface area (Å²) in [7, 11) is 1.22. The first-order chi connectivity index (χ1) is 16.5. The summed E-state index contributed by atoms with van der Waals surface area (Å²) in [5.41, 5.74) is 2.14. The summed E-state index contributed by atoms with van der Waals surface area (Å²) in [6, 6.07) is 6.14. The number of ether oxygens (including phenoxy) is 1. The van der Waals surface area contributed by atoms with Crippen LogP contribution in [0.15, 0.2) is 24.5 Å². The summed E-state index contributed by atoms with van der Waals surface area (Å²) in [6.07, 6.45) is 8.72. The molecule has 0 amide bonds. The number of β-amino-alcohol motifs (C(OH)–C–C–N with tert-alkyl or cyclic N) is 1. The Morgan fingerprint density at radius 2 is 2.03 bits per heavy atom. The number of aliphatic hydroxyl groups excluding tert-OH is 1. The zero-order valence-corrected chi connectivity index (χ0v) is 19.9. The van der Waals surface area contributed by atoms with Crippen LogP contribution in [0, 0.1) is 10.1 Å². The summed E-state index contributed by atoms with van der Waals surface area (Å²) in [5, 5.41) is 22.8. The summed E-state index contributed by atoms with van der Waals surface area (Å²) in [6.45, 7) is 0.939. The van der Waals surface area contributed by atoms with Gasteiger partial charge in [0.25, 0.3) is 0 Å². The SMILES string of the molecule is COC(=O)c1c(N2CCCC(O)C2)sc(-c2ccc3c(c2)ncn3C2CCCCC2)c1[N+](=O)[O-]. The number of esters is 1. The van der Waals surface area contributed by atoms with E-state index < -0.39 is 17.0 Å². The number of aromatic nitrogens is 2. The van der Waals surface area contributed by atoms with E-state index in [-0.39, 0.29) is 11.3 Å². The number of imidazole rings is 1. The normalized spacial score (nSPS) is 19.5. The van der Waals surface area contributed by atoms with Gasteiger partial charge in [0.2, 0.25) is 0 Å². The van der Waals surface area contributed by atoms with Crippen LogP contribution in [0.4, 0.5) is 10.7 Å². The third-order valence-corrected chi connectivity index (χ3v) is 8.21. The number of thiophene rings is 1. The fourth-order valence-electron chi connectivity index (χ4n) is 5.25. The van der Waals surface area contributed by atoms with Crippen molar-refractivity contribution in [3.63, 3.8) is 0 Å². The molecule has 2 fully saturated rings. The Morgan fingerprint density at radius 3 is 2.74 bits per heavy atom. The Hall–Kier alpha value is -2.98. The third-order valence-electron chi connectivity index (χ3n) is 6.93. The van der Waals surface area contributed by atoms with Gasteiger partial charge >= 0.3 is 11.7 Å². The quantitative estimate of drug-likeness (QED) is 0.311. The van der Waals surface area contributed by atoms with Crippen LogP contribution < -0.4 is 4.90 Å². The van der Waals surface area contributed by atoms with Gasteiger partial charge in [-0.25, -0.2) is 9.78 Å². The number of anilines is 1. The highest BCUT2D eigenvalue weighted by Gasteiger charge is 2.37. The molecule has 180 valence electrons. The van der Waals surface area contributed by atoms with E-state index >= 15 is 0 Å². The van der Waals surface area contributed by atoms with Crippen molar-refractivity contribution in [2.24, 2.45) is 0 Å². The Labute approximate surface area is 201 Å². The Kier molecular flexibility index (Phi) is 6.26. The first-order valence-electron chi connectivity index (χ1n) is 11.8. The molecule has 3 aromatic rings. The average molecular weight is 485 g/mol. The maximum absolute atomic E-state index is 12.7. The summed E-state index contributed by atoms with van der Waals surface area (Å²) in [5.74, 6) is -0.744. The van der Waals surface area contributed by atoms with Crippen molar-refractivity contribution in [3.8, 4) is 10.4 Å². The van der Waals surface area contributed by atoms with Crippen molar-refractivity contribution in [1.82, 2.24) is 9.55 Å². The molecule has 2 aromatic heterocycles. The molecule has 0 radical (unpaired) electrons. The number of hydrogen-bond acceptors (Lipinski definition) is 8. The van der Waals surface area contributed by atoms with E-state index in [1.54, 1.807) is 0 Å². The Balaban J connectivity index is 1.61. The van der Waals surface area contributed by atoms with Crippen LogP contribution in [0.2, 0.25) is 0 Å². The largest absolute Gasteiger partial charge is 0.465 e. The number of benzene rings is 1. The second-order valence-corrected chi connectivity index (χ2v) is 10.1. The molecular weight excluding hydrogens is 456 g/mol. The van der Waals surface area contributed by atoms with Gasteiger partial charge in [0.05, 0.1) is 35.5 Å². The van der Waals surface area contributed by atoms with Crippen LogP contribution in [0.5, 0.6) is 0 Å². The second kappa shape index (κ2) is 9.34. The molecular formula is C24H28N4O5S. The van der Waals surface area contributed by atoms with Crippen molar-refractivity contribution in [3.05, 3.63) is 40.2 Å². The lowest BCUT2D eigenvalue weighted by Crippen LogP contribution is -2.38. The van der Waals surface area contributed by atoms with E-state index in [1.807, 2.05) is 29.4 Å². The van der Waals surface area contributed by atoms with Gasteiger partial charge in [0, 0.05) is 24.7 Å².